The van der Waals surface area contributed by atoms with E-state index in [0.717, 1.165) is 6.20 Å². The van der Waals surface area contributed by atoms with Crippen molar-refractivity contribution < 1.29 is 56.4 Å². The normalized spacial score (nSPS) is 31.7. The molecule has 0 radical (unpaired) electrons. The first-order valence-electron chi connectivity index (χ1n) is 8.30. The molecule has 1 aliphatic carbocycles. The van der Waals surface area contributed by atoms with Gasteiger partial charge in [-0.2, -0.15) is 0 Å². The molecule has 1 aromatic rings. The summed E-state index contributed by atoms with van der Waals surface area (Å²) in [4.78, 5) is 61.6. The molecule has 0 aromatic carbocycles. The lowest BCUT2D eigenvalue weighted by Crippen LogP contribution is -2.36. The van der Waals surface area contributed by atoms with Gasteiger partial charge in [-0.25, -0.2) is 22.2 Å². The molecule has 31 heavy (non-hydrogen) atoms. The van der Waals surface area contributed by atoms with Crippen LogP contribution in [0.3, 0.4) is 0 Å². The lowest BCUT2D eigenvalue weighted by atomic mass is 10.0. The molecule has 0 bridgehead atoms. The quantitative estimate of drug-likeness (QED) is 0.198. The Morgan fingerprint density at radius 3 is 2.39 bits per heavy atom. The van der Waals surface area contributed by atoms with E-state index in [4.69, 9.17) is 19.0 Å². The fourth-order valence-corrected chi connectivity index (χ4v) is 4.71. The summed E-state index contributed by atoms with van der Waals surface area (Å²) in [5.74, 6) is -3.12. The summed E-state index contributed by atoms with van der Waals surface area (Å²) >= 11 is 0. The van der Waals surface area contributed by atoms with Gasteiger partial charge in [0.05, 0.1) is 12.2 Å². The van der Waals surface area contributed by atoms with Crippen molar-refractivity contribution in [2.24, 2.45) is 0 Å². The minimum atomic E-state index is -3.12. The van der Waals surface area contributed by atoms with Crippen molar-refractivity contribution in [2.45, 2.75) is 42.8 Å². The predicted octanol–water partition coefficient (Wildman–Crippen LogP) is -1.02. The van der Waals surface area contributed by atoms with E-state index in [2.05, 4.69) is 8.62 Å². The number of aliphatic hydroxyl groups is 2. The van der Waals surface area contributed by atoms with Crippen LogP contribution in [0.15, 0.2) is 15.8 Å². The maximum Gasteiger partial charge on any atom is 0.344 e. The molecule has 1 aromatic heterocycles. The number of hydrogen-bond acceptors (Lipinski definition) is 12. The minimum Gasteiger partial charge on any atom is -0.387 e. The van der Waals surface area contributed by atoms with Crippen molar-refractivity contribution in [1.29, 1.82) is 0 Å². The monoisotopic (exact) mass is 512 g/mol. The van der Waals surface area contributed by atoms with E-state index in [0.29, 0.717) is 4.57 Å². The largest absolute Gasteiger partial charge is 0.387 e. The van der Waals surface area contributed by atoms with E-state index >= 15 is 0 Å². The number of aromatic amines is 1. The smallest absolute Gasteiger partial charge is 0.344 e. The van der Waals surface area contributed by atoms with Gasteiger partial charge in [-0.3, -0.25) is 14.3 Å². The predicted molar refractivity (Wildman–Crippen MR) is 97.3 cm³/mol. The van der Waals surface area contributed by atoms with Gasteiger partial charge in [0, 0.05) is 12.6 Å². The lowest BCUT2D eigenvalue weighted by molar-refractivity contribution is -0.0193. The summed E-state index contributed by atoms with van der Waals surface area (Å²) in [7, 11) is -8.65. The molecule has 19 heteroatoms. The van der Waals surface area contributed by atoms with Gasteiger partial charge in [-0.15, -0.1) is 0 Å². The number of H-pyrrole nitrogens is 1. The number of nitrogens with one attached hydrogen (secondary N) is 1. The SMILES string of the molecule is O=c1[nH]c(=O)n(C2CC2(F)F)cc1C1OC(COP(O)OP(O)OP(O)O)C(O)C1O. The van der Waals surface area contributed by atoms with Gasteiger partial charge in [0.1, 0.15) is 30.5 Å². The van der Waals surface area contributed by atoms with Crippen LogP contribution in [0.1, 0.15) is 24.1 Å². The molecule has 0 amide bonds. The van der Waals surface area contributed by atoms with Crippen LogP contribution in [0.4, 0.5) is 8.78 Å². The number of halogens is 2. The molecule has 2 aliphatic rings. The Bertz CT molecular complexity index is 902. The molecule has 2 heterocycles. The second kappa shape index (κ2) is 9.74. The molecule has 1 saturated heterocycles. The van der Waals surface area contributed by atoms with Crippen LogP contribution < -0.4 is 11.2 Å². The Kier molecular flexibility index (Phi) is 7.87. The lowest BCUT2D eigenvalue weighted by Gasteiger charge is -2.18. The van der Waals surface area contributed by atoms with Gasteiger partial charge in [-0.05, 0) is 0 Å². The van der Waals surface area contributed by atoms with Gasteiger partial charge >= 0.3 is 31.5 Å². The second-order valence-electron chi connectivity index (χ2n) is 6.50. The van der Waals surface area contributed by atoms with Crippen LogP contribution in [0, 0.1) is 0 Å². The summed E-state index contributed by atoms with van der Waals surface area (Å²) < 4.78 is 46.0. The van der Waals surface area contributed by atoms with Crippen molar-refractivity contribution >= 4 is 25.8 Å². The van der Waals surface area contributed by atoms with E-state index in [-0.39, 0.29) is 5.56 Å². The number of hydrogen-bond donors (Lipinski definition) is 7. The molecule has 14 nitrogen and oxygen atoms in total. The number of aromatic nitrogens is 2. The Morgan fingerprint density at radius 2 is 1.81 bits per heavy atom. The maximum absolute atomic E-state index is 13.3. The second-order valence-corrected chi connectivity index (χ2v) is 9.52. The number of rotatable bonds is 9. The fourth-order valence-electron chi connectivity index (χ4n) is 2.88. The number of ether oxygens (including phenoxy) is 1. The molecule has 7 atom stereocenters. The van der Waals surface area contributed by atoms with Gasteiger partial charge in [0.25, 0.3) is 11.5 Å². The first-order valence-corrected chi connectivity index (χ1v) is 11.7. The van der Waals surface area contributed by atoms with Crippen LogP contribution in [-0.2, 0) is 17.9 Å². The topological polar surface area (TPSA) is 213 Å². The summed E-state index contributed by atoms with van der Waals surface area (Å²) in [6.45, 7) is -0.620. The van der Waals surface area contributed by atoms with E-state index in [1.807, 2.05) is 4.98 Å². The molecule has 1 aliphatic heterocycles. The highest BCUT2D eigenvalue weighted by Gasteiger charge is 2.59. The van der Waals surface area contributed by atoms with Crippen molar-refractivity contribution in [1.82, 2.24) is 9.55 Å². The Balaban J connectivity index is 1.66. The summed E-state index contributed by atoms with van der Waals surface area (Å²) in [5, 5.41) is 20.3. The van der Waals surface area contributed by atoms with E-state index in [1.165, 1.54) is 0 Å². The van der Waals surface area contributed by atoms with Crippen molar-refractivity contribution in [3.63, 3.8) is 0 Å². The molecular weight excluding hydrogens is 495 g/mol. The average molecular weight is 512 g/mol. The van der Waals surface area contributed by atoms with Crippen LogP contribution in [-0.4, -0.2) is 70.2 Å². The van der Waals surface area contributed by atoms with Gasteiger partial charge in [0.2, 0.25) is 0 Å². The number of aliphatic hydroxyl groups excluding tert-OH is 2. The average Bonchev–Trinajstić information content (AvgIpc) is 3.18. The zero-order valence-corrected chi connectivity index (χ0v) is 17.7. The highest BCUT2D eigenvalue weighted by Crippen LogP contribution is 2.55. The van der Waals surface area contributed by atoms with E-state index in [9.17, 15) is 38.4 Å². The minimum absolute atomic E-state index is 0.384. The molecule has 1 saturated carbocycles. The summed E-state index contributed by atoms with van der Waals surface area (Å²) in [6.07, 6.45) is -5.97. The van der Waals surface area contributed by atoms with Crippen LogP contribution >= 0.6 is 25.8 Å². The Hall–Kier alpha value is -0.570. The summed E-state index contributed by atoms with van der Waals surface area (Å²) in [5.41, 5.74) is -2.46. The van der Waals surface area contributed by atoms with Crippen LogP contribution in [0.2, 0.25) is 0 Å². The molecule has 7 unspecified atom stereocenters. The molecule has 7 N–H and O–H groups in total. The standard InChI is InChI=1S/C12H17F2N2O12P3/c13-12(14)1-6(12)16-2-4(10(19)15-11(16)20)9-8(18)7(17)5(26-9)3-25-30(23)28-31(24)27-29(21)22/h2,5-9,17-18,21-24H,1,3H2,(H,15,19,20). The zero-order valence-electron chi connectivity index (χ0n) is 15.1. The fraction of sp³-hybridized carbons (Fsp3) is 0.667. The number of nitrogens with zero attached hydrogens (tertiary/aromatic N) is 1. The molecular formula is C12H17F2N2O12P3. The van der Waals surface area contributed by atoms with Crippen molar-refractivity contribution in [2.75, 3.05) is 6.61 Å². The zero-order chi connectivity index (χ0) is 23.1. The van der Waals surface area contributed by atoms with Crippen molar-refractivity contribution in [3.8, 4) is 0 Å². The first-order chi connectivity index (χ1) is 14.4. The van der Waals surface area contributed by atoms with Crippen LogP contribution in [0.5, 0.6) is 0 Å². The molecule has 2 fully saturated rings. The van der Waals surface area contributed by atoms with E-state index < -0.39 is 86.5 Å². The highest BCUT2D eigenvalue weighted by molar-refractivity contribution is 7.60. The van der Waals surface area contributed by atoms with Gasteiger partial charge < -0.3 is 39.0 Å². The highest BCUT2D eigenvalue weighted by atomic mass is 31.3. The van der Waals surface area contributed by atoms with Gasteiger partial charge in [-0.1, -0.05) is 0 Å². The van der Waals surface area contributed by atoms with Crippen LogP contribution in [0.25, 0.3) is 0 Å². The summed E-state index contributed by atoms with van der Waals surface area (Å²) in [6, 6.07) is -1.46. The molecule has 0 spiro atoms. The first kappa shape index (κ1) is 25.1. The van der Waals surface area contributed by atoms with E-state index in [1.54, 1.807) is 0 Å². The third kappa shape index (κ3) is 5.87. The van der Waals surface area contributed by atoms with Gasteiger partial charge in [0.15, 0.2) is 0 Å². The third-order valence-electron chi connectivity index (χ3n) is 4.42. The maximum atomic E-state index is 13.3. The molecule has 3 rings (SSSR count). The number of alkyl halides is 2. The Morgan fingerprint density at radius 1 is 1.16 bits per heavy atom. The van der Waals surface area contributed by atoms with Crippen molar-refractivity contribution in [3.05, 3.63) is 32.6 Å². The third-order valence-corrected chi connectivity index (χ3v) is 7.06. The molecule has 176 valence electrons. The Labute approximate surface area is 174 Å².